The van der Waals surface area contributed by atoms with Crippen molar-refractivity contribution in [3.8, 4) is 45.3 Å². The average molecular weight is 737 g/mol. The zero-order chi connectivity index (χ0) is 36.5. The van der Waals surface area contributed by atoms with Gasteiger partial charge in [0, 0.05) is 84.8 Å². The second-order valence-electron chi connectivity index (χ2n) is 12.3. The summed E-state index contributed by atoms with van der Waals surface area (Å²) in [4.78, 5) is 34.6. The molecule has 0 radical (unpaired) electrons. The highest BCUT2D eigenvalue weighted by atomic mass is 35.5. The number of aliphatic hydroxyl groups is 1. The topological polar surface area (TPSA) is 135 Å². The van der Waals surface area contributed by atoms with Gasteiger partial charge in [-0.3, -0.25) is 14.6 Å². The third-order valence-corrected chi connectivity index (χ3v) is 9.90. The van der Waals surface area contributed by atoms with E-state index in [1.165, 1.54) is 7.11 Å². The number of ether oxygens (including phenoxy) is 3. The molecule has 0 aliphatic carbocycles. The fraction of sp³-hybridized carbons (Fsp3) is 0.368. The van der Waals surface area contributed by atoms with Crippen molar-refractivity contribution in [1.29, 1.82) is 0 Å². The minimum atomic E-state index is -0.463. The first-order chi connectivity index (χ1) is 24.7. The van der Waals surface area contributed by atoms with Crippen LogP contribution in [0.4, 0.5) is 0 Å². The Labute approximate surface area is 308 Å². The lowest BCUT2D eigenvalue weighted by molar-refractivity contribution is -0.141. The van der Waals surface area contributed by atoms with Crippen molar-refractivity contribution in [2.24, 2.45) is 0 Å². The van der Waals surface area contributed by atoms with E-state index < -0.39 is 12.0 Å². The van der Waals surface area contributed by atoms with Gasteiger partial charge in [0.25, 0.3) is 0 Å². The first kappa shape index (κ1) is 38.0. The molecule has 1 aliphatic rings. The number of carbonyl (C=O) groups excluding carboxylic acids is 2. The number of nitrogens with zero attached hydrogens (tertiary/aromatic N) is 3. The number of halogens is 2. The number of likely N-dealkylation sites (tertiary alicyclic amines) is 1. The molecule has 3 heterocycles. The number of aromatic nitrogens is 2. The predicted octanol–water partition coefficient (Wildman–Crippen LogP) is 5.92. The van der Waals surface area contributed by atoms with E-state index in [0.717, 1.165) is 53.7 Å². The summed E-state index contributed by atoms with van der Waals surface area (Å²) in [6.45, 7) is 3.85. The van der Waals surface area contributed by atoms with Crippen LogP contribution < -0.4 is 20.1 Å². The normalized spacial score (nSPS) is 13.9. The number of hydrogen-bond donors (Lipinski definition) is 3. The number of methoxy groups -OCH3 is 3. The van der Waals surface area contributed by atoms with Crippen LogP contribution in [0, 0.1) is 0 Å². The molecule has 0 unspecified atom stereocenters. The van der Waals surface area contributed by atoms with E-state index in [0.29, 0.717) is 57.8 Å². The van der Waals surface area contributed by atoms with Gasteiger partial charge >= 0.3 is 5.97 Å². The maximum atomic E-state index is 11.7. The SMILES string of the molecule is COC(=O)C[C@@H](CO)NCc1ccc(-c2nccc(-c3cccc(-c4ccc(CNC5CCN(C(C)=O)CC5)c(OC)n4)c3Cl)c2Cl)cc1OC. The first-order valence-corrected chi connectivity index (χ1v) is 17.5. The second-order valence-corrected chi connectivity index (χ2v) is 13.0. The Hall–Kier alpha value is -4.26. The second kappa shape index (κ2) is 17.8. The summed E-state index contributed by atoms with van der Waals surface area (Å²) in [6.07, 6.45) is 3.53. The van der Waals surface area contributed by atoms with Crippen molar-refractivity contribution in [2.45, 2.75) is 51.4 Å². The monoisotopic (exact) mass is 735 g/mol. The molecule has 51 heavy (non-hydrogen) atoms. The van der Waals surface area contributed by atoms with E-state index >= 15 is 0 Å². The molecule has 3 N–H and O–H groups in total. The molecule has 4 aromatic rings. The van der Waals surface area contributed by atoms with Crippen LogP contribution >= 0.6 is 23.2 Å². The molecule has 1 fully saturated rings. The van der Waals surface area contributed by atoms with Gasteiger partial charge in [-0.2, -0.15) is 0 Å². The van der Waals surface area contributed by atoms with Crippen molar-refractivity contribution in [1.82, 2.24) is 25.5 Å². The van der Waals surface area contributed by atoms with Gasteiger partial charge in [-0.15, -0.1) is 0 Å². The quantitative estimate of drug-likeness (QED) is 0.134. The van der Waals surface area contributed by atoms with Crippen LogP contribution in [0.3, 0.4) is 0 Å². The first-order valence-electron chi connectivity index (χ1n) is 16.7. The molecule has 1 atom stereocenters. The minimum Gasteiger partial charge on any atom is -0.496 e. The highest BCUT2D eigenvalue weighted by molar-refractivity contribution is 6.39. The summed E-state index contributed by atoms with van der Waals surface area (Å²) < 4.78 is 16.1. The molecule has 13 heteroatoms. The lowest BCUT2D eigenvalue weighted by Crippen LogP contribution is -2.44. The van der Waals surface area contributed by atoms with Gasteiger partial charge in [-0.25, -0.2) is 4.98 Å². The van der Waals surface area contributed by atoms with Crippen LogP contribution in [0.2, 0.25) is 10.0 Å². The number of hydrogen-bond acceptors (Lipinski definition) is 10. The molecule has 0 saturated carbocycles. The van der Waals surface area contributed by atoms with E-state index in [2.05, 4.69) is 15.6 Å². The van der Waals surface area contributed by atoms with Crippen molar-refractivity contribution in [3.05, 3.63) is 82.0 Å². The molecule has 2 aromatic carbocycles. The van der Waals surface area contributed by atoms with Gasteiger partial charge in [0.2, 0.25) is 11.8 Å². The van der Waals surface area contributed by atoms with Gasteiger partial charge in [0.1, 0.15) is 5.75 Å². The summed E-state index contributed by atoms with van der Waals surface area (Å²) >= 11 is 14.1. The molecule has 270 valence electrons. The maximum absolute atomic E-state index is 11.7. The Bertz CT molecular complexity index is 1850. The maximum Gasteiger partial charge on any atom is 0.307 e. The Kier molecular flexibility index (Phi) is 13.2. The van der Waals surface area contributed by atoms with Crippen LogP contribution in [0.15, 0.2) is 60.8 Å². The standard InChI is InChI=1S/C38H43Cl2N5O6/c1-23(47)45-16-13-27(14-17-45)42-21-26-10-11-32(44-38(26)51-4)31-7-5-6-29(35(31)39)30-12-15-41-37(36(30)40)24-8-9-25(33(18-24)49-2)20-43-28(22-46)19-34(48)50-3/h5-12,15,18,27-28,42-43,46H,13-14,16-17,19-22H2,1-4H3/t28-/m0/s1. The molecule has 1 amide bonds. The Morgan fingerprint density at radius 2 is 1.67 bits per heavy atom. The Balaban J connectivity index is 1.35. The van der Waals surface area contributed by atoms with Crippen LogP contribution in [-0.4, -0.2) is 85.0 Å². The fourth-order valence-corrected chi connectivity index (χ4v) is 6.80. The van der Waals surface area contributed by atoms with Gasteiger partial charge < -0.3 is 34.9 Å². The molecule has 11 nitrogen and oxygen atoms in total. The highest BCUT2D eigenvalue weighted by Crippen LogP contribution is 2.42. The van der Waals surface area contributed by atoms with Gasteiger partial charge in [0.15, 0.2) is 0 Å². The number of rotatable bonds is 14. The molecular formula is C38H43Cl2N5O6. The van der Waals surface area contributed by atoms with Gasteiger partial charge in [0.05, 0.1) is 55.8 Å². The number of piperidine rings is 1. The third kappa shape index (κ3) is 9.16. The van der Waals surface area contributed by atoms with Crippen LogP contribution in [0.25, 0.3) is 33.6 Å². The van der Waals surface area contributed by atoms with E-state index in [-0.39, 0.29) is 18.9 Å². The van der Waals surface area contributed by atoms with E-state index in [4.69, 9.17) is 42.4 Å². The summed E-state index contributed by atoms with van der Waals surface area (Å²) in [7, 11) is 4.49. The lowest BCUT2D eigenvalue weighted by Gasteiger charge is -2.31. The van der Waals surface area contributed by atoms with Crippen LogP contribution in [-0.2, 0) is 27.4 Å². The molecule has 1 saturated heterocycles. The molecule has 5 rings (SSSR count). The van der Waals surface area contributed by atoms with E-state index in [1.54, 1.807) is 27.3 Å². The molecule has 2 aromatic heterocycles. The van der Waals surface area contributed by atoms with Crippen molar-refractivity contribution < 1.29 is 28.9 Å². The smallest absolute Gasteiger partial charge is 0.307 e. The predicted molar refractivity (Wildman–Crippen MR) is 198 cm³/mol. The lowest BCUT2D eigenvalue weighted by atomic mass is 9.99. The van der Waals surface area contributed by atoms with Gasteiger partial charge in [-0.05, 0) is 31.0 Å². The fourth-order valence-electron chi connectivity index (χ4n) is 6.15. The Morgan fingerprint density at radius 3 is 2.35 bits per heavy atom. The number of aliphatic hydroxyl groups excluding tert-OH is 1. The zero-order valence-electron chi connectivity index (χ0n) is 29.2. The number of nitrogens with one attached hydrogen (secondary N) is 2. The van der Waals surface area contributed by atoms with Crippen molar-refractivity contribution in [2.75, 3.05) is 41.0 Å². The number of carbonyl (C=O) groups is 2. The largest absolute Gasteiger partial charge is 0.496 e. The molecular weight excluding hydrogens is 693 g/mol. The minimum absolute atomic E-state index is 0.0418. The number of esters is 1. The molecule has 0 spiro atoms. The average Bonchev–Trinajstić information content (AvgIpc) is 3.16. The highest BCUT2D eigenvalue weighted by Gasteiger charge is 2.22. The van der Waals surface area contributed by atoms with E-state index in [9.17, 15) is 14.7 Å². The summed E-state index contributed by atoms with van der Waals surface area (Å²) in [6, 6.07) is 17.0. The molecule has 1 aliphatic heterocycles. The number of amides is 1. The number of benzene rings is 2. The van der Waals surface area contributed by atoms with Crippen molar-refractivity contribution in [3.63, 3.8) is 0 Å². The summed E-state index contributed by atoms with van der Waals surface area (Å²) in [5.41, 5.74) is 5.86. The van der Waals surface area contributed by atoms with Crippen LogP contribution in [0.1, 0.15) is 37.3 Å². The van der Waals surface area contributed by atoms with E-state index in [1.807, 2.05) is 59.5 Å². The van der Waals surface area contributed by atoms with Crippen LogP contribution in [0.5, 0.6) is 11.6 Å². The third-order valence-electron chi connectivity index (χ3n) is 9.11. The van der Waals surface area contributed by atoms with Gasteiger partial charge in [-0.1, -0.05) is 59.6 Å². The summed E-state index contributed by atoms with van der Waals surface area (Å²) in [5.74, 6) is 0.811. The number of pyridine rings is 2. The zero-order valence-corrected chi connectivity index (χ0v) is 30.7. The molecule has 0 bridgehead atoms. The Morgan fingerprint density at radius 1 is 0.941 bits per heavy atom. The van der Waals surface area contributed by atoms with Crippen molar-refractivity contribution >= 4 is 35.1 Å². The summed E-state index contributed by atoms with van der Waals surface area (Å²) in [5, 5.41) is 17.3.